The van der Waals surface area contributed by atoms with Crippen LogP contribution in [0.5, 0.6) is 0 Å². The number of hydrogen-bond donors (Lipinski definition) is 2. The first kappa shape index (κ1) is 22.0. The van der Waals surface area contributed by atoms with E-state index in [2.05, 4.69) is 36.9 Å². The molecule has 2 N–H and O–H groups in total. The molecule has 1 aromatic heterocycles. The molecule has 0 bridgehead atoms. The molecule has 1 aliphatic rings. The lowest BCUT2D eigenvalue weighted by atomic mass is 10.2. The Balaban J connectivity index is 1.47. The van der Waals surface area contributed by atoms with Gasteiger partial charge in [-0.05, 0) is 82.1 Å². The summed E-state index contributed by atoms with van der Waals surface area (Å²) >= 11 is 3.43. The molecular weight excluding hydrogens is 474 g/mol. The number of nitrogens with one attached hydrogen (secondary N) is 2. The van der Waals surface area contributed by atoms with Gasteiger partial charge in [-0.25, -0.2) is 9.48 Å². The number of halogens is 1. The fraction of sp³-hybridized carbons (Fsp3) is 0.304. The van der Waals surface area contributed by atoms with Crippen molar-refractivity contribution in [1.29, 1.82) is 0 Å². The van der Waals surface area contributed by atoms with E-state index in [0.29, 0.717) is 17.1 Å². The largest absolute Gasteiger partial charge is 0.444 e. The van der Waals surface area contributed by atoms with Gasteiger partial charge in [0.05, 0.1) is 11.4 Å². The van der Waals surface area contributed by atoms with Crippen molar-refractivity contribution in [1.82, 2.24) is 15.0 Å². The third-order valence-electron chi connectivity index (χ3n) is 4.74. The van der Waals surface area contributed by atoms with Gasteiger partial charge in [-0.2, -0.15) is 0 Å². The molecule has 1 saturated carbocycles. The van der Waals surface area contributed by atoms with E-state index < -0.39 is 11.7 Å². The molecule has 9 heteroatoms. The molecule has 1 aliphatic carbocycles. The number of ether oxygens (including phenoxy) is 1. The zero-order valence-electron chi connectivity index (χ0n) is 18.1. The van der Waals surface area contributed by atoms with Crippen molar-refractivity contribution in [3.63, 3.8) is 0 Å². The number of hydrogen-bond acceptors (Lipinski definition) is 5. The Labute approximate surface area is 194 Å². The van der Waals surface area contributed by atoms with Crippen LogP contribution < -0.4 is 10.6 Å². The van der Waals surface area contributed by atoms with Crippen LogP contribution in [0.3, 0.4) is 0 Å². The van der Waals surface area contributed by atoms with E-state index in [1.54, 1.807) is 49.7 Å². The quantitative estimate of drug-likeness (QED) is 0.484. The van der Waals surface area contributed by atoms with Crippen LogP contribution in [-0.4, -0.2) is 32.6 Å². The van der Waals surface area contributed by atoms with E-state index in [9.17, 15) is 9.59 Å². The normalized spacial score (nSPS) is 13.5. The van der Waals surface area contributed by atoms with Crippen molar-refractivity contribution in [3.8, 4) is 5.69 Å². The van der Waals surface area contributed by atoms with Gasteiger partial charge in [0.2, 0.25) is 0 Å². The van der Waals surface area contributed by atoms with Crippen molar-refractivity contribution in [2.75, 3.05) is 10.6 Å². The van der Waals surface area contributed by atoms with Crippen molar-refractivity contribution < 1.29 is 14.3 Å². The van der Waals surface area contributed by atoms with Gasteiger partial charge >= 0.3 is 6.09 Å². The molecule has 8 nitrogen and oxygen atoms in total. The molecule has 1 fully saturated rings. The first-order valence-electron chi connectivity index (χ1n) is 10.3. The average molecular weight is 498 g/mol. The second kappa shape index (κ2) is 8.74. The highest BCUT2D eigenvalue weighted by atomic mass is 79.9. The van der Waals surface area contributed by atoms with Crippen LogP contribution in [0.1, 0.15) is 55.7 Å². The Kier molecular flexibility index (Phi) is 6.01. The SMILES string of the molecule is CC(C)(C)OC(=O)Nc1ccc(NC(=O)c2nnn(-c3ccc(Br)cc3)c2C2CC2)cc1. The smallest absolute Gasteiger partial charge is 0.412 e. The predicted octanol–water partition coefficient (Wildman–Crippen LogP) is 5.51. The van der Waals surface area contributed by atoms with E-state index in [-0.39, 0.29) is 11.8 Å². The van der Waals surface area contributed by atoms with E-state index in [4.69, 9.17) is 4.74 Å². The molecule has 2 amide bonds. The van der Waals surface area contributed by atoms with Crippen molar-refractivity contribution in [2.24, 2.45) is 0 Å². The highest BCUT2D eigenvalue weighted by Crippen LogP contribution is 2.42. The Hall–Kier alpha value is -3.20. The zero-order chi connectivity index (χ0) is 22.9. The summed E-state index contributed by atoms with van der Waals surface area (Å²) in [4.78, 5) is 24.9. The Morgan fingerprint density at radius 1 is 1.00 bits per heavy atom. The van der Waals surface area contributed by atoms with E-state index in [0.717, 1.165) is 28.7 Å². The minimum atomic E-state index is -0.578. The zero-order valence-corrected chi connectivity index (χ0v) is 19.6. The summed E-state index contributed by atoms with van der Waals surface area (Å²) in [5, 5.41) is 14.0. The molecule has 0 radical (unpaired) electrons. The molecule has 0 atom stereocenters. The molecule has 2 aromatic carbocycles. The second-order valence-electron chi connectivity index (χ2n) is 8.64. The Bertz CT molecular complexity index is 1130. The third-order valence-corrected chi connectivity index (χ3v) is 5.27. The monoisotopic (exact) mass is 497 g/mol. The molecular formula is C23H24BrN5O3. The molecule has 0 unspecified atom stereocenters. The molecule has 0 saturated heterocycles. The highest BCUT2D eigenvalue weighted by molar-refractivity contribution is 9.10. The summed E-state index contributed by atoms with van der Waals surface area (Å²) in [5.41, 5.74) is 2.59. The van der Waals surface area contributed by atoms with Crippen LogP contribution >= 0.6 is 15.9 Å². The summed E-state index contributed by atoms with van der Waals surface area (Å²) in [6, 6.07) is 14.5. The van der Waals surface area contributed by atoms with E-state index in [1.165, 1.54) is 0 Å². The van der Waals surface area contributed by atoms with E-state index in [1.807, 2.05) is 24.3 Å². The van der Waals surface area contributed by atoms with Gasteiger partial charge in [0.1, 0.15) is 5.60 Å². The van der Waals surface area contributed by atoms with Crippen LogP contribution in [0.2, 0.25) is 0 Å². The maximum Gasteiger partial charge on any atom is 0.412 e. The summed E-state index contributed by atoms with van der Waals surface area (Å²) < 4.78 is 7.95. The maximum absolute atomic E-state index is 13.0. The predicted molar refractivity (Wildman–Crippen MR) is 125 cm³/mol. The van der Waals surface area contributed by atoms with Crippen LogP contribution in [-0.2, 0) is 4.74 Å². The van der Waals surface area contributed by atoms with Crippen molar-refractivity contribution >= 4 is 39.3 Å². The highest BCUT2D eigenvalue weighted by Gasteiger charge is 2.34. The number of carbonyl (C=O) groups excluding carboxylic acids is 2. The van der Waals surface area contributed by atoms with Crippen LogP contribution in [0.15, 0.2) is 53.0 Å². The lowest BCUT2D eigenvalue weighted by molar-refractivity contribution is 0.0635. The van der Waals surface area contributed by atoms with Gasteiger partial charge in [0, 0.05) is 21.8 Å². The number of amides is 2. The van der Waals surface area contributed by atoms with Crippen LogP contribution in [0.4, 0.5) is 16.2 Å². The van der Waals surface area contributed by atoms with E-state index >= 15 is 0 Å². The number of nitrogens with zero attached hydrogens (tertiary/aromatic N) is 3. The summed E-state index contributed by atoms with van der Waals surface area (Å²) in [5.74, 6) is -0.0436. The number of aromatic nitrogens is 3. The lowest BCUT2D eigenvalue weighted by Gasteiger charge is -2.19. The number of anilines is 2. The summed E-state index contributed by atoms with van der Waals surface area (Å²) in [6.07, 6.45) is 1.48. The lowest BCUT2D eigenvalue weighted by Crippen LogP contribution is -2.27. The van der Waals surface area contributed by atoms with Crippen LogP contribution in [0.25, 0.3) is 5.69 Å². The van der Waals surface area contributed by atoms with Gasteiger partial charge in [0.25, 0.3) is 5.91 Å². The first-order valence-corrected chi connectivity index (χ1v) is 11.1. The number of benzene rings is 2. The van der Waals surface area contributed by atoms with Crippen LogP contribution in [0, 0.1) is 0 Å². The molecule has 3 aromatic rings. The van der Waals surface area contributed by atoms with Gasteiger partial charge in [-0.15, -0.1) is 5.10 Å². The standard InChI is InChI=1S/C23H24BrN5O3/c1-23(2,3)32-22(31)26-17-10-8-16(9-11-17)25-21(30)19-20(14-4-5-14)29(28-27-19)18-12-6-15(24)7-13-18/h6-14H,4-5H2,1-3H3,(H,25,30)(H,26,31). The van der Waals surface area contributed by atoms with Crippen molar-refractivity contribution in [2.45, 2.75) is 45.1 Å². The maximum atomic E-state index is 13.0. The fourth-order valence-corrected chi connectivity index (χ4v) is 3.46. The Morgan fingerprint density at radius 2 is 1.59 bits per heavy atom. The molecule has 32 heavy (non-hydrogen) atoms. The summed E-state index contributed by atoms with van der Waals surface area (Å²) in [7, 11) is 0. The topological polar surface area (TPSA) is 98.1 Å². The molecule has 0 spiro atoms. The molecule has 4 rings (SSSR count). The number of rotatable bonds is 5. The molecule has 166 valence electrons. The Morgan fingerprint density at radius 3 is 2.16 bits per heavy atom. The summed E-state index contributed by atoms with van der Waals surface area (Å²) in [6.45, 7) is 5.40. The molecule has 0 aliphatic heterocycles. The first-order chi connectivity index (χ1) is 15.2. The van der Waals surface area contributed by atoms with Gasteiger partial charge in [-0.1, -0.05) is 21.1 Å². The third kappa shape index (κ3) is 5.34. The van der Waals surface area contributed by atoms with Gasteiger partial charge in [-0.3, -0.25) is 10.1 Å². The second-order valence-corrected chi connectivity index (χ2v) is 9.56. The fourth-order valence-electron chi connectivity index (χ4n) is 3.20. The minimum absolute atomic E-state index is 0.273. The minimum Gasteiger partial charge on any atom is -0.444 e. The molecule has 1 heterocycles. The van der Waals surface area contributed by atoms with Gasteiger partial charge in [0.15, 0.2) is 5.69 Å². The van der Waals surface area contributed by atoms with Crippen molar-refractivity contribution in [3.05, 3.63) is 64.4 Å². The average Bonchev–Trinajstić information content (AvgIpc) is 3.46. The number of carbonyl (C=O) groups is 2. The van der Waals surface area contributed by atoms with Gasteiger partial charge < -0.3 is 10.1 Å².